The van der Waals surface area contributed by atoms with E-state index in [1.54, 1.807) is 0 Å². The van der Waals surface area contributed by atoms with E-state index in [0.29, 0.717) is 17.7 Å². The van der Waals surface area contributed by atoms with Gasteiger partial charge in [0.05, 0.1) is 6.04 Å². The van der Waals surface area contributed by atoms with Crippen molar-refractivity contribution in [1.82, 2.24) is 0 Å². The third-order valence-electron chi connectivity index (χ3n) is 5.44. The maximum Gasteiger partial charge on any atom is 0.132 e. The molecular formula is C22H27NO. The lowest BCUT2D eigenvalue weighted by atomic mass is 9.78. The van der Waals surface area contributed by atoms with Crippen LogP contribution in [-0.2, 0) is 0 Å². The highest BCUT2D eigenvalue weighted by Crippen LogP contribution is 2.34. The predicted octanol–water partition coefficient (Wildman–Crippen LogP) is 5.61. The van der Waals surface area contributed by atoms with E-state index in [9.17, 15) is 5.11 Å². The van der Waals surface area contributed by atoms with Crippen LogP contribution in [0.15, 0.2) is 47.5 Å². The van der Waals surface area contributed by atoms with Crippen LogP contribution in [0.4, 0.5) is 0 Å². The zero-order valence-electron chi connectivity index (χ0n) is 14.9. The Morgan fingerprint density at radius 3 is 2.58 bits per heavy atom. The number of nitrogens with zero attached hydrogens (tertiary/aromatic N) is 1. The van der Waals surface area contributed by atoms with Crippen molar-refractivity contribution in [2.45, 2.75) is 46.1 Å². The summed E-state index contributed by atoms with van der Waals surface area (Å²) in [5.41, 5.74) is 3.87. The molecule has 1 aliphatic rings. The normalized spacial score (nSPS) is 24.4. The van der Waals surface area contributed by atoms with Gasteiger partial charge in [-0.2, -0.15) is 0 Å². The maximum atomic E-state index is 10.7. The Bertz CT molecular complexity index is 720. The Labute approximate surface area is 145 Å². The van der Waals surface area contributed by atoms with Crippen LogP contribution in [0.3, 0.4) is 0 Å². The molecule has 3 unspecified atom stereocenters. The number of rotatable bonds is 3. The van der Waals surface area contributed by atoms with Crippen LogP contribution in [0.5, 0.6) is 5.75 Å². The molecule has 2 nitrogen and oxygen atoms in total. The first-order valence-corrected chi connectivity index (χ1v) is 8.98. The van der Waals surface area contributed by atoms with Crippen molar-refractivity contribution in [3.63, 3.8) is 0 Å². The molecule has 0 heterocycles. The zero-order valence-corrected chi connectivity index (χ0v) is 14.9. The molecule has 1 fully saturated rings. The van der Waals surface area contributed by atoms with Gasteiger partial charge in [-0.15, -0.1) is 0 Å². The van der Waals surface area contributed by atoms with E-state index >= 15 is 0 Å². The highest BCUT2D eigenvalue weighted by molar-refractivity contribution is 5.89. The van der Waals surface area contributed by atoms with Crippen molar-refractivity contribution < 1.29 is 5.11 Å². The van der Waals surface area contributed by atoms with Crippen LogP contribution in [-0.4, -0.2) is 17.4 Å². The van der Waals surface area contributed by atoms with Gasteiger partial charge in [0.1, 0.15) is 5.75 Å². The summed E-state index contributed by atoms with van der Waals surface area (Å²) in [7, 11) is 0. The van der Waals surface area contributed by atoms with Gasteiger partial charge in [0.25, 0.3) is 0 Å². The molecule has 24 heavy (non-hydrogen) atoms. The van der Waals surface area contributed by atoms with E-state index in [1.165, 1.54) is 12.8 Å². The molecule has 1 saturated carbocycles. The molecule has 2 heteroatoms. The van der Waals surface area contributed by atoms with Crippen molar-refractivity contribution in [1.29, 1.82) is 0 Å². The van der Waals surface area contributed by atoms with Crippen LogP contribution in [0.1, 0.15) is 44.2 Å². The molecule has 126 valence electrons. The smallest absolute Gasteiger partial charge is 0.132 e. The predicted molar refractivity (Wildman–Crippen MR) is 102 cm³/mol. The Hall–Kier alpha value is -2.09. The van der Waals surface area contributed by atoms with Gasteiger partial charge in [-0.25, -0.2) is 0 Å². The molecule has 0 spiro atoms. The molecule has 0 aromatic heterocycles. The van der Waals surface area contributed by atoms with E-state index < -0.39 is 0 Å². The fourth-order valence-electron chi connectivity index (χ4n) is 3.68. The molecule has 0 aliphatic heterocycles. The number of phenols is 1. The van der Waals surface area contributed by atoms with Crippen molar-refractivity contribution in [2.24, 2.45) is 16.8 Å². The third kappa shape index (κ3) is 3.53. The number of hydrogen-bond donors (Lipinski definition) is 1. The second-order valence-corrected chi connectivity index (χ2v) is 7.23. The van der Waals surface area contributed by atoms with Gasteiger partial charge < -0.3 is 5.11 Å². The van der Waals surface area contributed by atoms with Gasteiger partial charge >= 0.3 is 0 Å². The maximum absolute atomic E-state index is 10.7. The first-order valence-electron chi connectivity index (χ1n) is 8.98. The minimum absolute atomic E-state index is 0.326. The minimum atomic E-state index is 0.326. The largest absolute Gasteiger partial charge is 0.507 e. The average molecular weight is 321 g/mol. The van der Waals surface area contributed by atoms with E-state index in [1.807, 2.05) is 48.7 Å². The van der Waals surface area contributed by atoms with E-state index in [0.717, 1.165) is 34.6 Å². The number of hydrogen-bond acceptors (Lipinski definition) is 2. The number of aryl methyl sites for hydroxylation is 1. The second-order valence-electron chi connectivity index (χ2n) is 7.23. The van der Waals surface area contributed by atoms with Crippen molar-refractivity contribution >= 4 is 6.21 Å². The standard InChI is InChI=1S/C22H27NO/c1-15-12-19(14-23-21-11-7-8-16(2)17(21)3)22(24)20(13-15)18-9-5-4-6-10-18/h4-6,9-10,12-14,16-17,21,24H,7-8,11H2,1-3H3. The third-order valence-corrected chi connectivity index (χ3v) is 5.44. The van der Waals surface area contributed by atoms with Crippen molar-refractivity contribution in [3.05, 3.63) is 53.6 Å². The number of aromatic hydroxyl groups is 1. The molecule has 3 atom stereocenters. The fraction of sp³-hybridized carbons (Fsp3) is 0.409. The van der Waals surface area contributed by atoms with Crippen LogP contribution >= 0.6 is 0 Å². The van der Waals surface area contributed by atoms with Crippen LogP contribution < -0.4 is 0 Å². The molecule has 0 bridgehead atoms. The summed E-state index contributed by atoms with van der Waals surface area (Å²) >= 11 is 0. The SMILES string of the molecule is Cc1cc(C=NC2CCCC(C)C2C)c(O)c(-c2ccccc2)c1. The van der Waals surface area contributed by atoms with Gasteiger partial charge in [-0.3, -0.25) is 4.99 Å². The molecule has 2 aromatic carbocycles. The summed E-state index contributed by atoms with van der Waals surface area (Å²) in [6.07, 6.45) is 5.59. The summed E-state index contributed by atoms with van der Waals surface area (Å²) in [6.45, 7) is 6.69. The van der Waals surface area contributed by atoms with Gasteiger partial charge in [0, 0.05) is 17.3 Å². The molecule has 0 radical (unpaired) electrons. The Morgan fingerprint density at radius 1 is 1.08 bits per heavy atom. The highest BCUT2D eigenvalue weighted by Gasteiger charge is 2.26. The first-order chi connectivity index (χ1) is 11.6. The topological polar surface area (TPSA) is 32.6 Å². The molecular weight excluding hydrogens is 294 g/mol. The summed E-state index contributed by atoms with van der Waals surface area (Å²) in [5, 5.41) is 10.7. The first kappa shape index (κ1) is 16.8. The van der Waals surface area contributed by atoms with Gasteiger partial charge in [0.2, 0.25) is 0 Å². The number of phenolic OH excluding ortho intramolecular Hbond substituents is 1. The van der Waals surface area contributed by atoms with Gasteiger partial charge in [-0.05, 0) is 48.4 Å². The molecule has 1 N–H and O–H groups in total. The lowest BCUT2D eigenvalue weighted by Crippen LogP contribution is -2.27. The number of benzene rings is 2. The lowest BCUT2D eigenvalue weighted by molar-refractivity contribution is 0.242. The summed E-state index contributed by atoms with van der Waals surface area (Å²) in [5.74, 6) is 1.66. The molecule has 1 aliphatic carbocycles. The van der Waals surface area contributed by atoms with Crippen molar-refractivity contribution in [3.8, 4) is 16.9 Å². The van der Waals surface area contributed by atoms with Gasteiger partial charge in [-0.1, -0.05) is 57.0 Å². The minimum Gasteiger partial charge on any atom is -0.507 e. The zero-order chi connectivity index (χ0) is 17.1. The summed E-state index contributed by atoms with van der Waals surface area (Å²) in [4.78, 5) is 4.84. The second kappa shape index (κ2) is 7.21. The molecule has 2 aromatic rings. The highest BCUT2D eigenvalue weighted by atomic mass is 16.3. The van der Waals surface area contributed by atoms with Gasteiger partial charge in [0.15, 0.2) is 0 Å². The Kier molecular flexibility index (Phi) is 5.03. The van der Waals surface area contributed by atoms with Crippen LogP contribution in [0, 0.1) is 18.8 Å². The summed E-state index contributed by atoms with van der Waals surface area (Å²) in [6, 6.07) is 14.5. The quantitative estimate of drug-likeness (QED) is 0.732. The lowest BCUT2D eigenvalue weighted by Gasteiger charge is -2.31. The van der Waals surface area contributed by atoms with E-state index in [-0.39, 0.29) is 0 Å². The Morgan fingerprint density at radius 2 is 1.83 bits per heavy atom. The Balaban J connectivity index is 1.91. The average Bonchev–Trinajstić information content (AvgIpc) is 2.59. The van der Waals surface area contributed by atoms with Crippen LogP contribution in [0.2, 0.25) is 0 Å². The van der Waals surface area contributed by atoms with Crippen molar-refractivity contribution in [2.75, 3.05) is 0 Å². The van der Waals surface area contributed by atoms with Crippen LogP contribution in [0.25, 0.3) is 11.1 Å². The monoisotopic (exact) mass is 321 g/mol. The van der Waals surface area contributed by atoms with E-state index in [2.05, 4.69) is 20.8 Å². The summed E-state index contributed by atoms with van der Waals surface area (Å²) < 4.78 is 0. The number of aliphatic imine (C=N–C) groups is 1. The molecule has 3 rings (SSSR count). The fourth-order valence-corrected chi connectivity index (χ4v) is 3.68. The molecule has 0 saturated heterocycles. The van der Waals surface area contributed by atoms with E-state index in [4.69, 9.17) is 4.99 Å². The molecule has 0 amide bonds.